The van der Waals surface area contributed by atoms with Crippen LogP contribution in [0.4, 0.5) is 5.69 Å². The third-order valence-corrected chi connectivity index (χ3v) is 3.00. The van der Waals surface area contributed by atoms with E-state index in [0.717, 1.165) is 0 Å². The summed E-state index contributed by atoms with van der Waals surface area (Å²) in [5.74, 6) is -0.845. The van der Waals surface area contributed by atoms with Crippen molar-refractivity contribution < 1.29 is 28.9 Å². The van der Waals surface area contributed by atoms with Crippen LogP contribution in [0.5, 0.6) is 11.5 Å². The molecular weight excluding hydrogens is 302 g/mol. The number of carbonyl (C=O) groups is 2. The van der Waals surface area contributed by atoms with Crippen molar-refractivity contribution in [2.45, 2.75) is 32.8 Å². The van der Waals surface area contributed by atoms with Crippen molar-refractivity contribution in [3.63, 3.8) is 0 Å². The quantitative estimate of drug-likeness (QED) is 0.678. The van der Waals surface area contributed by atoms with E-state index in [9.17, 15) is 9.59 Å². The number of carbonyl (C=O) groups excluding carboxylic acids is 1. The minimum absolute atomic E-state index is 0.00101. The van der Waals surface area contributed by atoms with Gasteiger partial charge >= 0.3 is 5.97 Å². The number of rotatable bonds is 9. The van der Waals surface area contributed by atoms with Crippen molar-refractivity contribution in [1.82, 2.24) is 0 Å². The Morgan fingerprint density at radius 2 is 1.91 bits per heavy atom. The van der Waals surface area contributed by atoms with Gasteiger partial charge in [0.2, 0.25) is 5.91 Å². The van der Waals surface area contributed by atoms with Gasteiger partial charge in [-0.25, -0.2) is 4.79 Å². The van der Waals surface area contributed by atoms with Crippen LogP contribution in [0.3, 0.4) is 0 Å². The molecule has 0 atom stereocenters. The summed E-state index contributed by atoms with van der Waals surface area (Å²) >= 11 is 0. The largest absolute Gasteiger partial charge is 0.493 e. The van der Waals surface area contributed by atoms with Gasteiger partial charge in [-0.3, -0.25) is 4.79 Å². The molecule has 0 heterocycles. The lowest BCUT2D eigenvalue weighted by Crippen LogP contribution is -2.15. The maximum absolute atomic E-state index is 12.0. The lowest BCUT2D eigenvalue weighted by atomic mass is 10.1. The van der Waals surface area contributed by atoms with Crippen LogP contribution in [0, 0.1) is 0 Å². The zero-order valence-electron chi connectivity index (χ0n) is 13.8. The number of hydrogen-bond donors (Lipinski definition) is 2. The Morgan fingerprint density at radius 3 is 2.43 bits per heavy atom. The zero-order valence-corrected chi connectivity index (χ0v) is 13.8. The van der Waals surface area contributed by atoms with Crippen LogP contribution in [0.15, 0.2) is 12.1 Å². The minimum Gasteiger partial charge on any atom is -0.493 e. The number of anilines is 1. The Kier molecular flexibility index (Phi) is 7.34. The highest BCUT2D eigenvalue weighted by atomic mass is 16.5. The SMILES string of the molecule is COc1cc(C(=O)O)cc(NC(=O)CCCOC(C)C)c1OC. The fourth-order valence-corrected chi connectivity index (χ4v) is 1.95. The van der Waals surface area contributed by atoms with Gasteiger partial charge < -0.3 is 24.6 Å². The third-order valence-electron chi connectivity index (χ3n) is 3.00. The van der Waals surface area contributed by atoms with Crippen LogP contribution in [-0.2, 0) is 9.53 Å². The molecule has 1 amide bonds. The van der Waals surface area contributed by atoms with E-state index in [4.69, 9.17) is 19.3 Å². The lowest BCUT2D eigenvalue weighted by molar-refractivity contribution is -0.116. The molecule has 1 aromatic carbocycles. The van der Waals surface area contributed by atoms with Gasteiger partial charge in [-0.2, -0.15) is 0 Å². The van der Waals surface area contributed by atoms with E-state index in [1.165, 1.54) is 26.4 Å². The lowest BCUT2D eigenvalue weighted by Gasteiger charge is -2.15. The number of ether oxygens (including phenoxy) is 3. The van der Waals surface area contributed by atoms with Crippen LogP contribution in [0.2, 0.25) is 0 Å². The topological polar surface area (TPSA) is 94.1 Å². The molecule has 1 aromatic rings. The molecule has 0 aliphatic carbocycles. The van der Waals surface area contributed by atoms with Gasteiger partial charge in [0.05, 0.1) is 31.6 Å². The van der Waals surface area contributed by atoms with Crippen molar-refractivity contribution >= 4 is 17.6 Å². The highest BCUT2D eigenvalue weighted by Crippen LogP contribution is 2.36. The average molecular weight is 325 g/mol. The third kappa shape index (κ3) is 5.78. The van der Waals surface area contributed by atoms with Crippen molar-refractivity contribution in [2.75, 3.05) is 26.1 Å². The predicted octanol–water partition coefficient (Wildman–Crippen LogP) is 2.55. The first-order chi connectivity index (χ1) is 10.9. The van der Waals surface area contributed by atoms with Gasteiger partial charge in [0.15, 0.2) is 11.5 Å². The van der Waals surface area contributed by atoms with Gasteiger partial charge in [0, 0.05) is 13.0 Å². The molecule has 128 valence electrons. The van der Waals surface area contributed by atoms with Gasteiger partial charge in [-0.05, 0) is 32.4 Å². The second-order valence-electron chi connectivity index (χ2n) is 5.14. The molecule has 0 unspecified atom stereocenters. The Balaban J connectivity index is 2.83. The first-order valence-corrected chi connectivity index (χ1v) is 7.29. The molecular formula is C16H23NO6. The molecule has 0 fully saturated rings. The molecule has 7 nitrogen and oxygen atoms in total. The maximum atomic E-state index is 12.0. The molecule has 0 bridgehead atoms. The van der Waals surface area contributed by atoms with Crippen LogP contribution in [-0.4, -0.2) is 43.9 Å². The monoisotopic (exact) mass is 325 g/mol. The number of methoxy groups -OCH3 is 2. The van der Waals surface area contributed by atoms with E-state index < -0.39 is 5.97 Å². The number of nitrogens with one attached hydrogen (secondary N) is 1. The first-order valence-electron chi connectivity index (χ1n) is 7.29. The fourth-order valence-electron chi connectivity index (χ4n) is 1.95. The van der Waals surface area contributed by atoms with E-state index in [0.29, 0.717) is 13.0 Å². The molecule has 1 rings (SSSR count). The summed E-state index contributed by atoms with van der Waals surface area (Å²) in [5, 5.41) is 11.8. The number of aromatic carboxylic acids is 1. The Morgan fingerprint density at radius 1 is 1.22 bits per heavy atom. The molecule has 0 radical (unpaired) electrons. The van der Waals surface area contributed by atoms with Gasteiger partial charge in [0.25, 0.3) is 0 Å². The number of benzene rings is 1. The summed E-state index contributed by atoms with van der Waals surface area (Å²) in [5.41, 5.74) is 0.264. The molecule has 0 aromatic heterocycles. The highest BCUT2D eigenvalue weighted by Gasteiger charge is 2.17. The molecule has 0 spiro atoms. The molecule has 0 aliphatic heterocycles. The molecule has 23 heavy (non-hydrogen) atoms. The van der Waals surface area contributed by atoms with Crippen LogP contribution in [0.1, 0.15) is 37.0 Å². The van der Waals surface area contributed by atoms with Crippen LogP contribution >= 0.6 is 0 Å². The summed E-state index contributed by atoms with van der Waals surface area (Å²) in [4.78, 5) is 23.2. The van der Waals surface area contributed by atoms with Gasteiger partial charge in [0.1, 0.15) is 0 Å². The second-order valence-corrected chi connectivity index (χ2v) is 5.14. The Bertz CT molecular complexity index is 556. The number of hydrogen-bond acceptors (Lipinski definition) is 5. The fraction of sp³-hybridized carbons (Fsp3) is 0.500. The predicted molar refractivity (Wildman–Crippen MR) is 85.5 cm³/mol. The number of carboxylic acids is 1. The number of amides is 1. The molecule has 0 aliphatic rings. The summed E-state index contributed by atoms with van der Waals surface area (Å²) in [6, 6.07) is 2.68. The Labute approximate surface area is 135 Å². The zero-order chi connectivity index (χ0) is 17.4. The first kappa shape index (κ1) is 18.8. The van der Waals surface area contributed by atoms with E-state index in [1.54, 1.807) is 0 Å². The summed E-state index contributed by atoms with van der Waals surface area (Å²) in [6.45, 7) is 4.34. The van der Waals surface area contributed by atoms with Crippen molar-refractivity contribution in [3.05, 3.63) is 17.7 Å². The summed E-state index contributed by atoms with van der Waals surface area (Å²) < 4.78 is 15.7. The van der Waals surface area contributed by atoms with Crippen LogP contribution < -0.4 is 14.8 Å². The number of carboxylic acid groups (broad SMARTS) is 1. The standard InChI is InChI=1S/C16H23NO6/c1-10(2)23-7-5-6-14(18)17-12-8-11(16(19)20)9-13(21-3)15(12)22-4/h8-10H,5-7H2,1-4H3,(H,17,18)(H,19,20). The normalized spacial score (nSPS) is 10.5. The summed E-state index contributed by atoms with van der Waals surface area (Å²) in [7, 11) is 2.82. The summed E-state index contributed by atoms with van der Waals surface area (Å²) in [6.07, 6.45) is 0.951. The van der Waals surface area contributed by atoms with Gasteiger partial charge in [-0.1, -0.05) is 0 Å². The highest BCUT2D eigenvalue weighted by molar-refractivity contribution is 5.96. The molecule has 7 heteroatoms. The van der Waals surface area contributed by atoms with Gasteiger partial charge in [-0.15, -0.1) is 0 Å². The second kappa shape index (κ2) is 8.99. The van der Waals surface area contributed by atoms with E-state index in [1.807, 2.05) is 13.8 Å². The molecule has 2 N–H and O–H groups in total. The smallest absolute Gasteiger partial charge is 0.335 e. The van der Waals surface area contributed by atoms with E-state index >= 15 is 0 Å². The van der Waals surface area contributed by atoms with Crippen LogP contribution in [0.25, 0.3) is 0 Å². The Hall–Kier alpha value is -2.28. The van der Waals surface area contributed by atoms with Crippen molar-refractivity contribution in [3.8, 4) is 11.5 Å². The molecule has 0 saturated heterocycles. The maximum Gasteiger partial charge on any atom is 0.335 e. The van der Waals surface area contributed by atoms with Crippen molar-refractivity contribution in [1.29, 1.82) is 0 Å². The van der Waals surface area contributed by atoms with Crippen molar-refractivity contribution in [2.24, 2.45) is 0 Å². The average Bonchev–Trinajstić information content (AvgIpc) is 2.50. The van der Waals surface area contributed by atoms with E-state index in [2.05, 4.69) is 5.32 Å². The minimum atomic E-state index is -1.12. The van der Waals surface area contributed by atoms with E-state index in [-0.39, 0.29) is 41.2 Å². The molecule has 0 saturated carbocycles.